The zero-order valence-corrected chi connectivity index (χ0v) is 12.6. The fourth-order valence-electron chi connectivity index (χ4n) is 2.61. The predicted molar refractivity (Wildman–Crippen MR) is 80.1 cm³/mol. The number of hydrogen-bond donors (Lipinski definition) is 1. The first-order valence-electron chi connectivity index (χ1n) is 7.26. The summed E-state index contributed by atoms with van der Waals surface area (Å²) < 4.78 is 0. The van der Waals surface area contributed by atoms with Gasteiger partial charge >= 0.3 is 0 Å². The summed E-state index contributed by atoms with van der Waals surface area (Å²) in [6.45, 7) is 10.8. The Morgan fingerprint density at radius 1 is 1.25 bits per heavy atom. The van der Waals surface area contributed by atoms with E-state index in [-0.39, 0.29) is 11.5 Å². The van der Waals surface area contributed by atoms with Gasteiger partial charge < -0.3 is 5.11 Å². The van der Waals surface area contributed by atoms with Crippen molar-refractivity contribution in [2.45, 2.75) is 33.4 Å². The summed E-state index contributed by atoms with van der Waals surface area (Å²) in [5.74, 6) is 0.317. The summed E-state index contributed by atoms with van der Waals surface area (Å²) in [4.78, 5) is 16.2. The highest BCUT2D eigenvalue weighted by molar-refractivity contribution is 5.94. The van der Waals surface area contributed by atoms with Gasteiger partial charge in [0, 0.05) is 49.9 Å². The van der Waals surface area contributed by atoms with Crippen molar-refractivity contribution in [3.63, 3.8) is 0 Å². The Morgan fingerprint density at radius 3 is 2.45 bits per heavy atom. The van der Waals surface area contributed by atoms with Crippen LogP contribution in [-0.2, 0) is 6.54 Å². The normalized spacial score (nSPS) is 17.6. The summed E-state index contributed by atoms with van der Waals surface area (Å²) in [5.41, 5.74) is 1.51. The van der Waals surface area contributed by atoms with Crippen LogP contribution in [0.2, 0.25) is 0 Å². The van der Waals surface area contributed by atoms with Gasteiger partial charge in [-0.05, 0) is 39.0 Å². The Balaban J connectivity index is 2.00. The van der Waals surface area contributed by atoms with Crippen LogP contribution in [0.25, 0.3) is 0 Å². The van der Waals surface area contributed by atoms with Gasteiger partial charge in [0.1, 0.15) is 5.75 Å². The van der Waals surface area contributed by atoms with Gasteiger partial charge in [0.05, 0.1) is 0 Å². The summed E-state index contributed by atoms with van der Waals surface area (Å²) in [5, 5.41) is 9.94. The standard InChI is InChI=1S/C16H24N2O2/c1-12(2)18-8-6-17(7-9-18)11-15-10-14(13(3)19)4-5-16(15)20/h4-5,10,12,20H,6-9,11H2,1-3H3. The second-order valence-corrected chi connectivity index (χ2v) is 5.81. The van der Waals surface area contributed by atoms with Gasteiger partial charge in [-0.2, -0.15) is 0 Å². The average Bonchev–Trinajstić information content (AvgIpc) is 2.41. The maximum absolute atomic E-state index is 11.4. The van der Waals surface area contributed by atoms with E-state index in [0.29, 0.717) is 18.2 Å². The van der Waals surface area contributed by atoms with Crippen LogP contribution in [0.4, 0.5) is 0 Å². The van der Waals surface area contributed by atoms with Crippen LogP contribution in [0, 0.1) is 0 Å². The van der Waals surface area contributed by atoms with E-state index in [1.807, 2.05) is 6.07 Å². The first-order chi connectivity index (χ1) is 9.47. The van der Waals surface area contributed by atoms with E-state index < -0.39 is 0 Å². The van der Waals surface area contributed by atoms with E-state index >= 15 is 0 Å². The largest absolute Gasteiger partial charge is 0.508 e. The monoisotopic (exact) mass is 276 g/mol. The molecule has 1 aliphatic rings. The Hall–Kier alpha value is -1.39. The number of hydrogen-bond acceptors (Lipinski definition) is 4. The molecule has 1 aromatic carbocycles. The van der Waals surface area contributed by atoms with Crippen LogP contribution in [0.3, 0.4) is 0 Å². The van der Waals surface area contributed by atoms with Crippen molar-refractivity contribution in [2.75, 3.05) is 26.2 Å². The Labute approximate surface area is 121 Å². The number of carbonyl (C=O) groups is 1. The molecular formula is C16H24N2O2. The molecule has 1 fully saturated rings. The number of rotatable bonds is 4. The van der Waals surface area contributed by atoms with Crippen molar-refractivity contribution in [1.82, 2.24) is 9.80 Å². The number of phenols is 1. The molecule has 1 heterocycles. The molecule has 1 saturated heterocycles. The molecular weight excluding hydrogens is 252 g/mol. The molecule has 1 aromatic rings. The van der Waals surface area contributed by atoms with E-state index in [1.54, 1.807) is 19.1 Å². The van der Waals surface area contributed by atoms with Crippen LogP contribution in [0.5, 0.6) is 5.75 Å². The van der Waals surface area contributed by atoms with E-state index in [4.69, 9.17) is 0 Å². The van der Waals surface area contributed by atoms with Crippen molar-refractivity contribution in [3.8, 4) is 5.75 Å². The smallest absolute Gasteiger partial charge is 0.159 e. The number of piperazine rings is 1. The molecule has 4 heteroatoms. The lowest BCUT2D eigenvalue weighted by atomic mass is 10.1. The topological polar surface area (TPSA) is 43.8 Å². The number of ketones is 1. The van der Waals surface area contributed by atoms with Crippen molar-refractivity contribution < 1.29 is 9.90 Å². The fourth-order valence-corrected chi connectivity index (χ4v) is 2.61. The van der Waals surface area contributed by atoms with Crippen molar-refractivity contribution >= 4 is 5.78 Å². The van der Waals surface area contributed by atoms with Gasteiger partial charge in [-0.15, -0.1) is 0 Å². The number of carbonyl (C=O) groups excluding carboxylic acids is 1. The summed E-state index contributed by atoms with van der Waals surface area (Å²) >= 11 is 0. The molecule has 0 radical (unpaired) electrons. The van der Waals surface area contributed by atoms with E-state index in [9.17, 15) is 9.90 Å². The molecule has 0 saturated carbocycles. The molecule has 1 aliphatic heterocycles. The molecule has 2 rings (SSSR count). The molecule has 110 valence electrons. The van der Waals surface area contributed by atoms with Crippen molar-refractivity contribution in [3.05, 3.63) is 29.3 Å². The zero-order chi connectivity index (χ0) is 14.7. The SMILES string of the molecule is CC(=O)c1ccc(O)c(CN2CCN(C(C)C)CC2)c1. The first kappa shape index (κ1) is 15.0. The van der Waals surface area contributed by atoms with Crippen LogP contribution < -0.4 is 0 Å². The van der Waals surface area contributed by atoms with E-state index in [2.05, 4.69) is 23.6 Å². The van der Waals surface area contributed by atoms with Crippen LogP contribution >= 0.6 is 0 Å². The fraction of sp³-hybridized carbons (Fsp3) is 0.562. The molecule has 0 atom stereocenters. The average molecular weight is 276 g/mol. The number of Topliss-reactive ketones (excluding diaryl/α,β-unsaturated/α-hetero) is 1. The highest BCUT2D eigenvalue weighted by Crippen LogP contribution is 2.21. The Bertz CT molecular complexity index is 477. The van der Waals surface area contributed by atoms with Gasteiger partial charge in [0.25, 0.3) is 0 Å². The maximum Gasteiger partial charge on any atom is 0.159 e. The first-order valence-corrected chi connectivity index (χ1v) is 7.26. The summed E-state index contributed by atoms with van der Waals surface area (Å²) in [6, 6.07) is 5.70. The lowest BCUT2D eigenvalue weighted by molar-refractivity contribution is 0.101. The Morgan fingerprint density at radius 2 is 1.90 bits per heavy atom. The molecule has 0 bridgehead atoms. The van der Waals surface area contributed by atoms with Gasteiger partial charge in [-0.1, -0.05) is 0 Å². The number of nitrogens with zero attached hydrogens (tertiary/aromatic N) is 2. The molecule has 0 amide bonds. The van der Waals surface area contributed by atoms with Gasteiger partial charge in [0.15, 0.2) is 5.78 Å². The second-order valence-electron chi connectivity index (χ2n) is 5.81. The third-order valence-corrected chi connectivity index (χ3v) is 4.02. The van der Waals surface area contributed by atoms with Crippen LogP contribution in [-0.4, -0.2) is 52.9 Å². The number of aromatic hydroxyl groups is 1. The third kappa shape index (κ3) is 3.58. The summed E-state index contributed by atoms with van der Waals surface area (Å²) in [6.07, 6.45) is 0. The second kappa shape index (κ2) is 6.37. The lowest BCUT2D eigenvalue weighted by Crippen LogP contribution is -2.48. The molecule has 1 N–H and O–H groups in total. The predicted octanol–water partition coefficient (Wildman–Crippen LogP) is 2.12. The quantitative estimate of drug-likeness (QED) is 0.856. The maximum atomic E-state index is 11.4. The van der Waals surface area contributed by atoms with Gasteiger partial charge in [-0.25, -0.2) is 0 Å². The molecule has 0 spiro atoms. The minimum absolute atomic E-state index is 0.0378. The van der Waals surface area contributed by atoms with Crippen molar-refractivity contribution in [1.29, 1.82) is 0 Å². The van der Waals surface area contributed by atoms with Crippen LogP contribution in [0.15, 0.2) is 18.2 Å². The van der Waals surface area contributed by atoms with E-state index in [1.165, 1.54) is 0 Å². The van der Waals surface area contributed by atoms with E-state index in [0.717, 1.165) is 31.7 Å². The zero-order valence-electron chi connectivity index (χ0n) is 12.6. The summed E-state index contributed by atoms with van der Waals surface area (Å²) in [7, 11) is 0. The van der Waals surface area contributed by atoms with Gasteiger partial charge in [0.2, 0.25) is 0 Å². The van der Waals surface area contributed by atoms with Gasteiger partial charge in [-0.3, -0.25) is 14.6 Å². The molecule has 0 unspecified atom stereocenters. The highest BCUT2D eigenvalue weighted by Gasteiger charge is 2.19. The third-order valence-electron chi connectivity index (χ3n) is 4.02. The molecule has 0 aliphatic carbocycles. The minimum Gasteiger partial charge on any atom is -0.508 e. The molecule has 4 nitrogen and oxygen atoms in total. The van der Waals surface area contributed by atoms with Crippen molar-refractivity contribution in [2.24, 2.45) is 0 Å². The number of phenolic OH excluding ortho intramolecular Hbond substituents is 1. The Kier molecular flexibility index (Phi) is 4.78. The number of benzene rings is 1. The van der Waals surface area contributed by atoms with Crippen LogP contribution in [0.1, 0.15) is 36.7 Å². The minimum atomic E-state index is 0.0378. The molecule has 20 heavy (non-hydrogen) atoms. The molecule has 0 aromatic heterocycles. The lowest BCUT2D eigenvalue weighted by Gasteiger charge is -2.37. The highest BCUT2D eigenvalue weighted by atomic mass is 16.3.